The van der Waals surface area contributed by atoms with Crippen LogP contribution in [0.4, 0.5) is 10.1 Å². The number of aliphatic hydroxyl groups excluding tert-OH is 1. The Kier molecular flexibility index (Phi) is 5.90. The Morgan fingerprint density at radius 3 is 2.74 bits per heavy atom. The summed E-state index contributed by atoms with van der Waals surface area (Å²) in [6.45, 7) is -0.215. The average Bonchev–Trinajstić information content (AvgIpc) is 3.33. The van der Waals surface area contributed by atoms with E-state index in [0.29, 0.717) is 5.76 Å². The molecular formula is C18H14ClFN2O4S. The van der Waals surface area contributed by atoms with Crippen molar-refractivity contribution in [3.63, 3.8) is 0 Å². The Hall–Kier alpha value is -2.68. The summed E-state index contributed by atoms with van der Waals surface area (Å²) < 4.78 is 18.7. The van der Waals surface area contributed by atoms with Gasteiger partial charge >= 0.3 is 11.8 Å². The number of hydrogen-bond acceptors (Lipinski definition) is 5. The normalized spacial score (nSPS) is 11.8. The molecule has 0 aliphatic carbocycles. The largest absolute Gasteiger partial charge is 0.458 e. The fourth-order valence-corrected chi connectivity index (χ4v) is 3.05. The van der Waals surface area contributed by atoms with Crippen molar-refractivity contribution in [2.75, 3.05) is 11.9 Å². The van der Waals surface area contributed by atoms with Crippen LogP contribution in [-0.2, 0) is 9.59 Å². The average molecular weight is 409 g/mol. The number of rotatable bonds is 5. The van der Waals surface area contributed by atoms with Gasteiger partial charge in [0.25, 0.3) is 0 Å². The second-order valence-corrected chi connectivity index (χ2v) is 6.71. The van der Waals surface area contributed by atoms with E-state index in [1.165, 1.54) is 23.5 Å². The van der Waals surface area contributed by atoms with E-state index in [4.69, 9.17) is 16.0 Å². The minimum Gasteiger partial charge on any atom is -0.458 e. The fraction of sp³-hybridized carbons (Fsp3) is 0.111. The molecule has 1 atom stereocenters. The molecular weight excluding hydrogens is 395 g/mol. The lowest BCUT2D eigenvalue weighted by Crippen LogP contribution is -2.37. The van der Waals surface area contributed by atoms with E-state index in [2.05, 4.69) is 10.6 Å². The summed E-state index contributed by atoms with van der Waals surface area (Å²) in [4.78, 5) is 23.7. The van der Waals surface area contributed by atoms with Crippen LogP contribution in [0.3, 0.4) is 0 Å². The van der Waals surface area contributed by atoms with Crippen LogP contribution in [0, 0.1) is 5.82 Å². The van der Waals surface area contributed by atoms with Crippen molar-refractivity contribution in [3.8, 4) is 11.3 Å². The molecule has 6 nitrogen and oxygen atoms in total. The van der Waals surface area contributed by atoms with Crippen LogP contribution < -0.4 is 10.6 Å². The number of thiophene rings is 1. The van der Waals surface area contributed by atoms with Gasteiger partial charge in [0.1, 0.15) is 23.4 Å². The quantitative estimate of drug-likeness (QED) is 0.562. The SMILES string of the molecule is O=C(NCC(O)c1ccc(-c2ccsc2)o1)C(=O)Nc1ccc(F)c(Cl)c1. The van der Waals surface area contributed by atoms with Crippen LogP contribution in [-0.4, -0.2) is 23.5 Å². The zero-order valence-electron chi connectivity index (χ0n) is 13.7. The zero-order valence-corrected chi connectivity index (χ0v) is 15.3. The summed E-state index contributed by atoms with van der Waals surface area (Å²) in [6, 6.07) is 8.73. The number of aliphatic hydroxyl groups is 1. The maximum Gasteiger partial charge on any atom is 0.313 e. The fourth-order valence-electron chi connectivity index (χ4n) is 2.22. The van der Waals surface area contributed by atoms with Crippen LogP contribution >= 0.6 is 22.9 Å². The predicted molar refractivity (Wildman–Crippen MR) is 100 cm³/mol. The number of halogens is 2. The zero-order chi connectivity index (χ0) is 19.4. The molecule has 3 rings (SSSR count). The molecule has 0 aliphatic heterocycles. The highest BCUT2D eigenvalue weighted by atomic mass is 35.5. The lowest BCUT2D eigenvalue weighted by molar-refractivity contribution is -0.136. The molecule has 0 fully saturated rings. The maximum absolute atomic E-state index is 13.1. The number of nitrogens with one attached hydrogen (secondary N) is 2. The number of furan rings is 1. The van der Waals surface area contributed by atoms with Crippen LogP contribution in [0.2, 0.25) is 5.02 Å². The summed E-state index contributed by atoms with van der Waals surface area (Å²) in [5, 5.41) is 18.3. The monoisotopic (exact) mass is 408 g/mol. The van der Waals surface area contributed by atoms with Crippen molar-refractivity contribution in [2.24, 2.45) is 0 Å². The molecule has 1 aromatic carbocycles. The maximum atomic E-state index is 13.1. The third-order valence-corrected chi connectivity index (χ3v) is 4.57. The minimum absolute atomic E-state index is 0.175. The highest BCUT2D eigenvalue weighted by Gasteiger charge is 2.18. The second kappa shape index (κ2) is 8.34. The molecule has 3 N–H and O–H groups in total. The van der Waals surface area contributed by atoms with Crippen LogP contribution in [0.1, 0.15) is 11.9 Å². The smallest absolute Gasteiger partial charge is 0.313 e. The number of anilines is 1. The first-order valence-corrected chi connectivity index (χ1v) is 9.10. The molecule has 2 heterocycles. The molecule has 1 unspecified atom stereocenters. The number of hydrogen-bond donors (Lipinski definition) is 3. The molecule has 0 saturated carbocycles. The van der Waals surface area contributed by atoms with Gasteiger partial charge in [-0.1, -0.05) is 11.6 Å². The third kappa shape index (κ3) is 4.73. The van der Waals surface area contributed by atoms with Gasteiger partial charge in [0.15, 0.2) is 0 Å². The summed E-state index contributed by atoms with van der Waals surface area (Å²) in [6.07, 6.45) is -1.12. The van der Waals surface area contributed by atoms with Crippen molar-refractivity contribution >= 4 is 40.4 Å². The van der Waals surface area contributed by atoms with Gasteiger partial charge in [-0.05, 0) is 41.8 Å². The van der Waals surface area contributed by atoms with Gasteiger partial charge in [-0.2, -0.15) is 11.3 Å². The number of carbonyl (C=O) groups excluding carboxylic acids is 2. The van der Waals surface area contributed by atoms with Gasteiger partial charge in [0.2, 0.25) is 0 Å². The number of amides is 2. The molecule has 2 amide bonds. The third-order valence-electron chi connectivity index (χ3n) is 3.60. The van der Waals surface area contributed by atoms with Crippen molar-refractivity contribution in [1.29, 1.82) is 0 Å². The van der Waals surface area contributed by atoms with Crippen molar-refractivity contribution in [1.82, 2.24) is 5.32 Å². The molecule has 0 saturated heterocycles. The Morgan fingerprint density at radius 1 is 1.22 bits per heavy atom. The molecule has 3 aromatic rings. The van der Waals surface area contributed by atoms with Crippen LogP contribution in [0.25, 0.3) is 11.3 Å². The van der Waals surface area contributed by atoms with Gasteiger partial charge in [0.05, 0.1) is 11.6 Å². The highest BCUT2D eigenvalue weighted by molar-refractivity contribution is 7.08. The van der Waals surface area contributed by atoms with Gasteiger partial charge in [0, 0.05) is 16.6 Å². The summed E-state index contributed by atoms with van der Waals surface area (Å²) in [7, 11) is 0. The van der Waals surface area contributed by atoms with E-state index < -0.39 is 23.7 Å². The minimum atomic E-state index is -1.12. The number of benzene rings is 1. The van der Waals surface area contributed by atoms with E-state index >= 15 is 0 Å². The van der Waals surface area contributed by atoms with E-state index in [1.807, 2.05) is 16.8 Å². The first-order valence-electron chi connectivity index (χ1n) is 7.78. The first-order chi connectivity index (χ1) is 12.9. The first kappa shape index (κ1) is 19.1. The van der Waals surface area contributed by atoms with Gasteiger partial charge < -0.3 is 20.2 Å². The van der Waals surface area contributed by atoms with Crippen molar-refractivity contribution in [2.45, 2.75) is 6.10 Å². The Morgan fingerprint density at radius 2 is 2.04 bits per heavy atom. The Labute approximate surface area is 162 Å². The lowest BCUT2D eigenvalue weighted by Gasteiger charge is -2.10. The molecule has 2 aromatic heterocycles. The number of carbonyl (C=O) groups is 2. The summed E-state index contributed by atoms with van der Waals surface area (Å²) >= 11 is 7.14. The molecule has 0 spiro atoms. The molecule has 0 bridgehead atoms. The van der Waals surface area contributed by atoms with E-state index in [9.17, 15) is 19.1 Å². The van der Waals surface area contributed by atoms with Crippen LogP contribution in [0.15, 0.2) is 51.6 Å². The van der Waals surface area contributed by atoms with Gasteiger partial charge in [-0.25, -0.2) is 4.39 Å². The Bertz CT molecular complexity index is 958. The van der Waals surface area contributed by atoms with Crippen molar-refractivity contribution < 1.29 is 23.5 Å². The molecule has 9 heteroatoms. The standard InChI is InChI=1S/C18H14ClFN2O4S/c19-12-7-11(1-2-13(12)20)22-18(25)17(24)21-8-14(23)16-4-3-15(26-16)10-5-6-27-9-10/h1-7,9,14,23H,8H2,(H,21,24)(H,22,25). The van der Waals surface area contributed by atoms with E-state index in [-0.39, 0.29) is 23.0 Å². The summed E-state index contributed by atoms with van der Waals surface area (Å²) in [5.41, 5.74) is 1.06. The topological polar surface area (TPSA) is 91.6 Å². The molecule has 27 heavy (non-hydrogen) atoms. The Balaban J connectivity index is 1.53. The lowest BCUT2D eigenvalue weighted by atomic mass is 10.2. The van der Waals surface area contributed by atoms with Gasteiger partial charge in [-0.3, -0.25) is 9.59 Å². The molecule has 0 radical (unpaired) electrons. The second-order valence-electron chi connectivity index (χ2n) is 5.52. The van der Waals surface area contributed by atoms with Crippen molar-refractivity contribution in [3.05, 3.63) is 63.8 Å². The summed E-state index contributed by atoms with van der Waals surface area (Å²) in [5.74, 6) is -1.70. The van der Waals surface area contributed by atoms with Gasteiger partial charge in [-0.15, -0.1) is 0 Å². The molecule has 140 valence electrons. The predicted octanol–water partition coefficient (Wildman–Crippen LogP) is 3.59. The van der Waals surface area contributed by atoms with E-state index in [1.54, 1.807) is 12.1 Å². The highest BCUT2D eigenvalue weighted by Crippen LogP contribution is 2.26. The van der Waals surface area contributed by atoms with Crippen LogP contribution in [0.5, 0.6) is 0 Å². The molecule has 0 aliphatic rings. The van der Waals surface area contributed by atoms with E-state index in [0.717, 1.165) is 11.6 Å².